The zero-order valence-corrected chi connectivity index (χ0v) is 27.2. The van der Waals surface area contributed by atoms with Gasteiger partial charge in [0.2, 0.25) is 17.7 Å². The number of nitriles is 1. The highest BCUT2D eigenvalue weighted by molar-refractivity contribution is 7.09. The maximum atomic E-state index is 13.7. The van der Waals surface area contributed by atoms with E-state index in [0.717, 1.165) is 23.4 Å². The second kappa shape index (κ2) is 13.9. The van der Waals surface area contributed by atoms with Crippen LogP contribution in [0, 0.1) is 29.1 Å². The van der Waals surface area contributed by atoms with E-state index in [1.165, 1.54) is 4.88 Å². The minimum Gasteiger partial charge on any atom is -0.491 e. The highest BCUT2D eigenvalue weighted by Crippen LogP contribution is 2.45. The van der Waals surface area contributed by atoms with Crippen LogP contribution in [0.25, 0.3) is 0 Å². The lowest BCUT2D eigenvalue weighted by Crippen LogP contribution is -2.58. The Bertz CT molecular complexity index is 1250. The molecule has 9 nitrogen and oxygen atoms in total. The van der Waals surface area contributed by atoms with E-state index < -0.39 is 28.8 Å². The summed E-state index contributed by atoms with van der Waals surface area (Å²) in [6.45, 7) is 16.4. The number of aromatic nitrogens is 1. The van der Waals surface area contributed by atoms with Gasteiger partial charge in [0.15, 0.2) is 0 Å². The van der Waals surface area contributed by atoms with Crippen LogP contribution in [0.5, 0.6) is 0 Å². The first-order chi connectivity index (χ1) is 19.9. The first-order valence-electron chi connectivity index (χ1n) is 15.1. The first kappa shape index (κ1) is 33.3. The average Bonchev–Trinajstić information content (AvgIpc) is 3.38. The standard InChI is InChI=1S/C30H41N5O4S.C2H6/c1-18(2)39-23-14-20(24-19(3)33-17-40-24)9-10-21(23)15-32-26(36)22-8-7-13-35(22)27(37)25(29(4,5)6)34-28(38)30(16-31)11-12-30;1-2/h10,14,17-18,20,22,25H,7-9,11-13,15H2,1-6H3,(H,32,36)(H,34,38);1-2H3. The molecule has 0 spiro atoms. The number of carbonyl (C=O) groups is 3. The molecule has 2 aliphatic carbocycles. The highest BCUT2D eigenvalue weighted by atomic mass is 32.1. The topological polar surface area (TPSA) is 124 Å². The van der Waals surface area contributed by atoms with E-state index in [0.29, 0.717) is 38.8 Å². The van der Waals surface area contributed by atoms with Crippen molar-refractivity contribution in [2.75, 3.05) is 13.1 Å². The third kappa shape index (κ3) is 7.60. The molecule has 230 valence electrons. The largest absolute Gasteiger partial charge is 0.491 e. The number of nitrogens with one attached hydrogen (secondary N) is 2. The van der Waals surface area contributed by atoms with Crippen molar-refractivity contribution in [3.8, 4) is 6.07 Å². The van der Waals surface area contributed by atoms with E-state index in [1.54, 1.807) is 16.2 Å². The molecule has 1 aromatic heterocycles. The summed E-state index contributed by atoms with van der Waals surface area (Å²) in [6.07, 6.45) is 7.29. The molecular formula is C32H47N5O4S. The summed E-state index contributed by atoms with van der Waals surface area (Å²) in [5, 5.41) is 15.3. The van der Waals surface area contributed by atoms with Gasteiger partial charge in [0.05, 0.1) is 23.4 Å². The SMILES string of the molecule is CC.Cc1ncsc1C1C=C(OC(C)C)C(CNC(=O)C2CCCN2C(=O)C(NC(=O)C2(C#N)CC2)C(C)(C)C)=CC1. The quantitative estimate of drug-likeness (QED) is 0.406. The predicted molar refractivity (Wildman–Crippen MR) is 164 cm³/mol. The highest BCUT2D eigenvalue weighted by Gasteiger charge is 2.53. The van der Waals surface area contributed by atoms with Crippen LogP contribution in [-0.4, -0.2) is 58.9 Å². The van der Waals surface area contributed by atoms with Crippen LogP contribution in [-0.2, 0) is 19.1 Å². The molecule has 1 aliphatic heterocycles. The number of thiazole rings is 1. The molecule has 0 aromatic carbocycles. The van der Waals surface area contributed by atoms with Gasteiger partial charge in [0.25, 0.3) is 0 Å². The fourth-order valence-corrected chi connectivity index (χ4v) is 6.19. The molecule has 10 heteroatoms. The number of hydrogen-bond acceptors (Lipinski definition) is 7. The minimum atomic E-state index is -1.03. The number of aryl methyl sites for hydroxylation is 1. The average molecular weight is 598 g/mol. The molecule has 1 saturated carbocycles. The van der Waals surface area contributed by atoms with Crippen LogP contribution in [0.3, 0.4) is 0 Å². The number of rotatable bonds is 9. The molecule has 1 saturated heterocycles. The Morgan fingerprint density at radius 2 is 1.95 bits per heavy atom. The van der Waals surface area contributed by atoms with Crippen LogP contribution in [0.1, 0.15) is 97.1 Å². The van der Waals surface area contributed by atoms with Gasteiger partial charge in [-0.1, -0.05) is 40.7 Å². The molecule has 1 aromatic rings. The molecule has 42 heavy (non-hydrogen) atoms. The fourth-order valence-electron chi connectivity index (χ4n) is 5.31. The Balaban J connectivity index is 0.00000237. The molecule has 3 amide bonds. The lowest BCUT2D eigenvalue weighted by Gasteiger charge is -2.35. The van der Waals surface area contributed by atoms with Gasteiger partial charge in [-0.15, -0.1) is 11.3 Å². The normalized spacial score (nSPS) is 21.7. The summed E-state index contributed by atoms with van der Waals surface area (Å²) >= 11 is 1.64. The molecule has 2 heterocycles. The zero-order valence-electron chi connectivity index (χ0n) is 26.4. The van der Waals surface area contributed by atoms with Crippen molar-refractivity contribution in [3.63, 3.8) is 0 Å². The summed E-state index contributed by atoms with van der Waals surface area (Å²) in [5.41, 5.74) is 2.19. The van der Waals surface area contributed by atoms with E-state index in [2.05, 4.69) is 33.8 Å². The van der Waals surface area contributed by atoms with Crippen LogP contribution < -0.4 is 10.6 Å². The summed E-state index contributed by atoms with van der Waals surface area (Å²) in [7, 11) is 0. The zero-order chi connectivity index (χ0) is 31.2. The third-order valence-corrected chi connectivity index (χ3v) is 8.91. The van der Waals surface area contributed by atoms with E-state index in [4.69, 9.17) is 4.74 Å². The van der Waals surface area contributed by atoms with Gasteiger partial charge in [-0.3, -0.25) is 14.4 Å². The number of hydrogen-bond donors (Lipinski definition) is 2. The van der Waals surface area contributed by atoms with Crippen molar-refractivity contribution >= 4 is 29.1 Å². The smallest absolute Gasteiger partial charge is 0.246 e. The van der Waals surface area contributed by atoms with Crippen molar-refractivity contribution in [2.24, 2.45) is 10.8 Å². The van der Waals surface area contributed by atoms with E-state index in [9.17, 15) is 19.6 Å². The van der Waals surface area contributed by atoms with Crippen LogP contribution in [0.4, 0.5) is 0 Å². The van der Waals surface area contributed by atoms with Crippen molar-refractivity contribution in [3.05, 3.63) is 39.6 Å². The first-order valence-corrected chi connectivity index (χ1v) is 16.0. The number of ether oxygens (including phenoxy) is 1. The van der Waals surface area contributed by atoms with Crippen molar-refractivity contribution in [1.82, 2.24) is 20.5 Å². The maximum Gasteiger partial charge on any atom is 0.246 e. The molecular weight excluding hydrogens is 550 g/mol. The Morgan fingerprint density at radius 1 is 1.26 bits per heavy atom. The van der Waals surface area contributed by atoms with Crippen molar-refractivity contribution < 1.29 is 19.1 Å². The van der Waals surface area contributed by atoms with Crippen LogP contribution in [0.15, 0.2) is 29.0 Å². The minimum absolute atomic E-state index is 0.0186. The number of carbonyl (C=O) groups excluding carboxylic acids is 3. The third-order valence-electron chi connectivity index (χ3n) is 7.85. The molecule has 3 aliphatic rings. The second-order valence-corrected chi connectivity index (χ2v) is 13.3. The van der Waals surface area contributed by atoms with Gasteiger partial charge in [-0.05, 0) is 64.4 Å². The lowest BCUT2D eigenvalue weighted by atomic mass is 9.85. The number of amides is 3. The summed E-state index contributed by atoms with van der Waals surface area (Å²) in [4.78, 5) is 47.2. The maximum absolute atomic E-state index is 13.7. The van der Waals surface area contributed by atoms with Gasteiger partial charge >= 0.3 is 0 Å². The van der Waals surface area contributed by atoms with E-state index in [-0.39, 0.29) is 23.8 Å². The summed E-state index contributed by atoms with van der Waals surface area (Å²) in [6, 6.07) is 0.650. The predicted octanol–water partition coefficient (Wildman–Crippen LogP) is 5.14. The van der Waals surface area contributed by atoms with Crippen LogP contribution in [0.2, 0.25) is 0 Å². The molecule has 3 unspecified atom stereocenters. The monoisotopic (exact) mass is 597 g/mol. The molecule has 4 rings (SSSR count). The van der Waals surface area contributed by atoms with Gasteiger partial charge in [0.1, 0.15) is 23.3 Å². The molecule has 3 atom stereocenters. The number of likely N-dealkylation sites (tertiary alicyclic amines) is 1. The van der Waals surface area contributed by atoms with Crippen molar-refractivity contribution in [1.29, 1.82) is 5.26 Å². The van der Waals surface area contributed by atoms with E-state index in [1.807, 2.05) is 60.9 Å². The molecule has 0 radical (unpaired) electrons. The Labute approximate surface area is 254 Å². The van der Waals surface area contributed by atoms with Gasteiger partial charge in [-0.2, -0.15) is 5.26 Å². The summed E-state index contributed by atoms with van der Waals surface area (Å²) in [5.74, 6) is 0.0510. The van der Waals surface area contributed by atoms with Crippen LogP contribution >= 0.6 is 11.3 Å². The molecule has 0 bridgehead atoms. The second-order valence-electron chi connectivity index (χ2n) is 12.4. The number of allylic oxidation sites excluding steroid dienone is 2. The van der Waals surface area contributed by atoms with Gasteiger partial charge in [-0.25, -0.2) is 4.98 Å². The molecule has 2 fully saturated rings. The van der Waals surface area contributed by atoms with Crippen molar-refractivity contribution in [2.45, 2.75) is 112 Å². The lowest BCUT2D eigenvalue weighted by molar-refractivity contribution is -0.144. The summed E-state index contributed by atoms with van der Waals surface area (Å²) < 4.78 is 6.13. The van der Waals surface area contributed by atoms with E-state index >= 15 is 0 Å². The Kier molecular flexibility index (Phi) is 11.0. The molecule has 2 N–H and O–H groups in total. The van der Waals surface area contributed by atoms with Gasteiger partial charge in [0, 0.05) is 29.5 Å². The fraction of sp³-hybridized carbons (Fsp3) is 0.656. The van der Waals surface area contributed by atoms with Gasteiger partial charge < -0.3 is 20.3 Å². The number of nitrogens with zero attached hydrogens (tertiary/aromatic N) is 3. The Morgan fingerprint density at radius 3 is 2.50 bits per heavy atom. The Hall–Kier alpha value is -3.19.